The highest BCUT2D eigenvalue weighted by atomic mass is 32.2. The molecule has 27 heavy (non-hydrogen) atoms. The number of para-hydroxylation sites is 1. The first-order chi connectivity index (χ1) is 12.9. The number of amides is 1. The van der Waals surface area contributed by atoms with Crippen molar-refractivity contribution in [1.82, 2.24) is 14.8 Å². The van der Waals surface area contributed by atoms with E-state index in [1.54, 1.807) is 16.8 Å². The highest BCUT2D eigenvalue weighted by Crippen LogP contribution is 2.27. The molecule has 1 aliphatic rings. The van der Waals surface area contributed by atoms with Crippen molar-refractivity contribution in [3.05, 3.63) is 47.1 Å². The first-order valence-electron chi connectivity index (χ1n) is 8.51. The number of benzene rings is 1. The lowest BCUT2D eigenvalue weighted by molar-refractivity contribution is -0.111. The molecule has 1 N–H and O–H groups in total. The number of carbonyl (C=O) groups excluding carboxylic acids is 1. The molecular formula is C18H18N4O3S2. The topological polar surface area (TPSA) is 94.0 Å². The summed E-state index contributed by atoms with van der Waals surface area (Å²) < 4.78 is 26.2. The molecule has 0 spiro atoms. The Hall–Kier alpha value is -2.52. The maximum Gasteiger partial charge on any atom is 0.249 e. The molecule has 0 bridgehead atoms. The molecule has 1 saturated heterocycles. The van der Waals surface area contributed by atoms with Crippen LogP contribution in [0.25, 0.3) is 16.3 Å². The SMILES string of the molecule is Cc1cc(NC(=O)/C=C/c2nc3ccccc3s2)n(C2CCS(=O)(=O)C2)n1. The van der Waals surface area contributed by atoms with Crippen molar-refractivity contribution in [1.29, 1.82) is 0 Å². The average molecular weight is 403 g/mol. The van der Waals surface area contributed by atoms with E-state index in [4.69, 9.17) is 0 Å². The van der Waals surface area contributed by atoms with Crippen LogP contribution in [0.2, 0.25) is 0 Å². The summed E-state index contributed by atoms with van der Waals surface area (Å²) in [6, 6.07) is 9.30. The predicted molar refractivity (Wildman–Crippen MR) is 107 cm³/mol. The number of hydrogen-bond donors (Lipinski definition) is 1. The fourth-order valence-corrected chi connectivity index (χ4v) is 5.70. The largest absolute Gasteiger partial charge is 0.307 e. The third-order valence-corrected chi connectivity index (χ3v) is 7.10. The van der Waals surface area contributed by atoms with Crippen molar-refractivity contribution in [2.45, 2.75) is 19.4 Å². The number of aromatic nitrogens is 3. The number of sulfone groups is 1. The van der Waals surface area contributed by atoms with Gasteiger partial charge in [-0.1, -0.05) is 12.1 Å². The van der Waals surface area contributed by atoms with Crippen molar-refractivity contribution >= 4 is 49.2 Å². The molecule has 1 atom stereocenters. The van der Waals surface area contributed by atoms with Crippen molar-refractivity contribution in [3.8, 4) is 0 Å². The molecule has 7 nitrogen and oxygen atoms in total. The third-order valence-electron chi connectivity index (χ3n) is 4.35. The molecule has 140 valence electrons. The summed E-state index contributed by atoms with van der Waals surface area (Å²) in [5.41, 5.74) is 1.63. The predicted octanol–water partition coefficient (Wildman–Crippen LogP) is 2.81. The van der Waals surface area contributed by atoms with Crippen LogP contribution in [0.1, 0.15) is 23.2 Å². The Morgan fingerprint density at radius 1 is 1.37 bits per heavy atom. The van der Waals surface area contributed by atoms with Crippen LogP contribution >= 0.6 is 11.3 Å². The Morgan fingerprint density at radius 2 is 2.19 bits per heavy atom. The van der Waals surface area contributed by atoms with Gasteiger partial charge in [-0.05, 0) is 31.6 Å². The smallest absolute Gasteiger partial charge is 0.249 e. The molecule has 1 fully saturated rings. The first-order valence-corrected chi connectivity index (χ1v) is 11.1. The lowest BCUT2D eigenvalue weighted by Crippen LogP contribution is -2.18. The normalized spacial score (nSPS) is 19.1. The standard InChI is InChI=1S/C18H18N4O3S2/c1-12-10-16(22(21-12)13-8-9-27(24,25)11-13)20-17(23)6-7-18-19-14-4-2-3-5-15(14)26-18/h2-7,10,13H,8-9,11H2,1H3,(H,20,23)/b7-6+. The van der Waals surface area contributed by atoms with E-state index in [1.807, 2.05) is 31.2 Å². The van der Waals surface area contributed by atoms with E-state index in [2.05, 4.69) is 15.4 Å². The van der Waals surface area contributed by atoms with E-state index >= 15 is 0 Å². The molecule has 3 aromatic rings. The van der Waals surface area contributed by atoms with Crippen molar-refractivity contribution < 1.29 is 13.2 Å². The Morgan fingerprint density at radius 3 is 2.93 bits per heavy atom. The Labute approximate surface area is 160 Å². The lowest BCUT2D eigenvalue weighted by Gasteiger charge is -2.13. The number of carbonyl (C=O) groups is 1. The molecule has 2 aromatic heterocycles. The molecular weight excluding hydrogens is 384 g/mol. The highest BCUT2D eigenvalue weighted by molar-refractivity contribution is 7.91. The lowest BCUT2D eigenvalue weighted by atomic mass is 10.3. The molecule has 1 aromatic carbocycles. The van der Waals surface area contributed by atoms with Gasteiger partial charge in [0.25, 0.3) is 0 Å². The number of nitrogens with one attached hydrogen (secondary N) is 1. The number of rotatable bonds is 4. The van der Waals surface area contributed by atoms with Crippen LogP contribution in [0.15, 0.2) is 36.4 Å². The average Bonchev–Trinajstić information content (AvgIpc) is 3.29. The van der Waals surface area contributed by atoms with Crippen LogP contribution in [0.3, 0.4) is 0 Å². The Balaban J connectivity index is 1.50. The van der Waals surface area contributed by atoms with E-state index in [9.17, 15) is 13.2 Å². The maximum absolute atomic E-state index is 12.3. The summed E-state index contributed by atoms with van der Waals surface area (Å²) in [6.07, 6.45) is 3.61. The van der Waals surface area contributed by atoms with E-state index < -0.39 is 9.84 Å². The van der Waals surface area contributed by atoms with E-state index in [1.165, 1.54) is 17.4 Å². The number of thiazole rings is 1. The quantitative estimate of drug-likeness (QED) is 0.677. The molecule has 4 rings (SSSR count). The molecule has 0 aliphatic carbocycles. The van der Waals surface area contributed by atoms with Crippen LogP contribution in [-0.2, 0) is 14.6 Å². The van der Waals surface area contributed by atoms with Crippen LogP contribution < -0.4 is 5.32 Å². The summed E-state index contributed by atoms with van der Waals surface area (Å²) in [4.78, 5) is 16.8. The minimum absolute atomic E-state index is 0.0541. The van der Waals surface area contributed by atoms with E-state index in [0.29, 0.717) is 12.2 Å². The second-order valence-electron chi connectivity index (χ2n) is 6.51. The minimum Gasteiger partial charge on any atom is -0.307 e. The molecule has 1 aliphatic heterocycles. The number of fused-ring (bicyclic) bond motifs is 1. The van der Waals surface area contributed by atoms with E-state index in [-0.39, 0.29) is 23.5 Å². The van der Waals surface area contributed by atoms with Gasteiger partial charge in [0, 0.05) is 12.1 Å². The van der Waals surface area contributed by atoms with Gasteiger partial charge in [-0.15, -0.1) is 11.3 Å². The monoisotopic (exact) mass is 402 g/mol. The fourth-order valence-electron chi connectivity index (χ4n) is 3.13. The van der Waals surface area contributed by atoms with Gasteiger partial charge in [0.05, 0.1) is 33.5 Å². The van der Waals surface area contributed by atoms with Crippen LogP contribution in [0.5, 0.6) is 0 Å². The number of aryl methyl sites for hydroxylation is 1. The van der Waals surface area contributed by atoms with Gasteiger partial charge in [-0.2, -0.15) is 5.10 Å². The van der Waals surface area contributed by atoms with Gasteiger partial charge in [0.15, 0.2) is 9.84 Å². The van der Waals surface area contributed by atoms with Gasteiger partial charge in [-0.3, -0.25) is 4.79 Å². The van der Waals surface area contributed by atoms with Crippen molar-refractivity contribution in [2.24, 2.45) is 0 Å². The Kier molecular flexibility index (Phi) is 4.56. The summed E-state index contributed by atoms with van der Waals surface area (Å²) in [7, 11) is -3.03. The van der Waals surface area contributed by atoms with Gasteiger partial charge < -0.3 is 5.32 Å². The molecule has 1 amide bonds. The number of nitrogens with zero attached hydrogens (tertiary/aromatic N) is 3. The third kappa shape index (κ3) is 3.93. The van der Waals surface area contributed by atoms with Crippen LogP contribution in [-0.4, -0.2) is 40.6 Å². The molecule has 9 heteroatoms. The highest BCUT2D eigenvalue weighted by Gasteiger charge is 2.31. The number of anilines is 1. The van der Waals surface area contributed by atoms with Crippen molar-refractivity contribution in [2.75, 3.05) is 16.8 Å². The summed E-state index contributed by atoms with van der Waals surface area (Å²) in [6.45, 7) is 1.81. The molecule has 0 saturated carbocycles. The van der Waals surface area contributed by atoms with Gasteiger partial charge >= 0.3 is 0 Å². The molecule has 0 radical (unpaired) electrons. The minimum atomic E-state index is -3.03. The van der Waals surface area contributed by atoms with Crippen LogP contribution in [0, 0.1) is 6.92 Å². The second-order valence-corrected chi connectivity index (χ2v) is 9.81. The zero-order valence-corrected chi connectivity index (χ0v) is 16.3. The second kappa shape index (κ2) is 6.90. The summed E-state index contributed by atoms with van der Waals surface area (Å²) in [5.74, 6) is 0.407. The molecule has 3 heterocycles. The summed E-state index contributed by atoms with van der Waals surface area (Å²) in [5, 5.41) is 7.91. The maximum atomic E-state index is 12.3. The van der Waals surface area contributed by atoms with Crippen LogP contribution in [0.4, 0.5) is 5.82 Å². The van der Waals surface area contributed by atoms with E-state index in [0.717, 1.165) is 20.9 Å². The zero-order chi connectivity index (χ0) is 19.0. The van der Waals surface area contributed by atoms with Crippen molar-refractivity contribution in [3.63, 3.8) is 0 Å². The molecule has 1 unspecified atom stereocenters. The van der Waals surface area contributed by atoms with Gasteiger partial charge in [0.1, 0.15) is 10.8 Å². The fraction of sp³-hybridized carbons (Fsp3) is 0.278. The van der Waals surface area contributed by atoms with Gasteiger partial charge in [0.2, 0.25) is 5.91 Å². The van der Waals surface area contributed by atoms with Gasteiger partial charge in [-0.25, -0.2) is 18.1 Å². The first kappa shape index (κ1) is 17.9. The number of hydrogen-bond acceptors (Lipinski definition) is 6. The zero-order valence-electron chi connectivity index (χ0n) is 14.6. The Bertz CT molecular complexity index is 1110. The summed E-state index contributed by atoms with van der Waals surface area (Å²) >= 11 is 1.51.